The van der Waals surface area contributed by atoms with E-state index in [4.69, 9.17) is 9.47 Å². The Morgan fingerprint density at radius 3 is 2.57 bits per heavy atom. The molecule has 1 aromatic heterocycles. The SMILES string of the molecule is COC(=O)C(CNC(=O)OC(C)(C)C)NC(=O)c1cnc(NCCCc2cccc(O)c2)nc1C. The number of anilines is 1. The summed E-state index contributed by atoms with van der Waals surface area (Å²) in [6.45, 7) is 7.17. The first kappa shape index (κ1) is 27.4. The number of methoxy groups -OCH3 is 1. The number of alkyl carbamates (subject to hydrolysis) is 1. The highest BCUT2D eigenvalue weighted by molar-refractivity contribution is 5.97. The van der Waals surface area contributed by atoms with Crippen molar-refractivity contribution in [1.82, 2.24) is 20.6 Å². The van der Waals surface area contributed by atoms with E-state index in [9.17, 15) is 19.5 Å². The van der Waals surface area contributed by atoms with Crippen LogP contribution in [0.4, 0.5) is 10.7 Å². The minimum atomic E-state index is -1.13. The molecule has 0 aliphatic rings. The number of carbonyl (C=O) groups excluding carboxylic acids is 3. The number of nitrogens with zero attached hydrogens (tertiary/aromatic N) is 2. The van der Waals surface area contributed by atoms with E-state index in [2.05, 4.69) is 25.9 Å². The summed E-state index contributed by atoms with van der Waals surface area (Å²) in [4.78, 5) is 45.2. The Labute approximate surface area is 204 Å². The molecule has 0 saturated heterocycles. The molecule has 1 atom stereocenters. The number of aryl methyl sites for hydroxylation is 2. The molecule has 0 spiro atoms. The molecule has 2 amide bonds. The summed E-state index contributed by atoms with van der Waals surface area (Å²) in [5.41, 5.74) is 0.915. The third kappa shape index (κ3) is 9.48. The van der Waals surface area contributed by atoms with Crippen LogP contribution in [0.25, 0.3) is 0 Å². The fraction of sp³-hybridized carbons (Fsp3) is 0.458. The first-order chi connectivity index (χ1) is 16.5. The van der Waals surface area contributed by atoms with Crippen LogP contribution in [0.3, 0.4) is 0 Å². The average molecular weight is 488 g/mol. The molecular formula is C24H33N5O6. The molecule has 0 radical (unpaired) electrons. The number of rotatable bonds is 10. The van der Waals surface area contributed by atoms with Crippen LogP contribution >= 0.6 is 0 Å². The Kier molecular flexibility index (Phi) is 9.80. The molecule has 190 valence electrons. The molecule has 0 aliphatic heterocycles. The third-order valence-electron chi connectivity index (χ3n) is 4.70. The second kappa shape index (κ2) is 12.5. The van der Waals surface area contributed by atoms with Gasteiger partial charge in [-0.15, -0.1) is 0 Å². The molecule has 11 heteroatoms. The number of aromatic hydroxyl groups is 1. The lowest BCUT2D eigenvalue weighted by atomic mass is 10.1. The monoisotopic (exact) mass is 487 g/mol. The van der Waals surface area contributed by atoms with Gasteiger partial charge < -0.3 is 30.5 Å². The zero-order valence-corrected chi connectivity index (χ0v) is 20.7. The van der Waals surface area contributed by atoms with Crippen molar-refractivity contribution in [2.75, 3.05) is 25.5 Å². The zero-order chi connectivity index (χ0) is 26.0. The van der Waals surface area contributed by atoms with Gasteiger partial charge in [-0.05, 0) is 58.2 Å². The molecule has 0 bridgehead atoms. The molecule has 1 heterocycles. The van der Waals surface area contributed by atoms with Crippen molar-refractivity contribution in [2.24, 2.45) is 0 Å². The Balaban J connectivity index is 1.92. The van der Waals surface area contributed by atoms with E-state index in [0.717, 1.165) is 18.4 Å². The van der Waals surface area contributed by atoms with Crippen molar-refractivity contribution >= 4 is 23.9 Å². The van der Waals surface area contributed by atoms with Gasteiger partial charge in [0.2, 0.25) is 5.95 Å². The Hall–Kier alpha value is -3.89. The number of esters is 1. The number of phenolic OH excluding ortho intramolecular Hbond substituents is 1. The minimum Gasteiger partial charge on any atom is -0.508 e. The lowest BCUT2D eigenvalue weighted by Crippen LogP contribution is -2.49. The van der Waals surface area contributed by atoms with Crippen molar-refractivity contribution in [3.05, 3.63) is 47.3 Å². The molecule has 2 aromatic rings. The maximum Gasteiger partial charge on any atom is 0.407 e. The number of benzene rings is 1. The molecule has 35 heavy (non-hydrogen) atoms. The van der Waals surface area contributed by atoms with Crippen molar-refractivity contribution < 1.29 is 29.0 Å². The molecule has 4 N–H and O–H groups in total. The first-order valence-corrected chi connectivity index (χ1v) is 11.2. The van der Waals surface area contributed by atoms with Crippen molar-refractivity contribution in [3.8, 4) is 5.75 Å². The van der Waals surface area contributed by atoms with Gasteiger partial charge in [0.1, 0.15) is 17.4 Å². The Bertz CT molecular complexity index is 1040. The number of amides is 2. The van der Waals surface area contributed by atoms with Crippen LogP contribution in [0.1, 0.15) is 48.8 Å². The Morgan fingerprint density at radius 2 is 1.94 bits per heavy atom. The highest BCUT2D eigenvalue weighted by Gasteiger charge is 2.25. The summed E-state index contributed by atoms with van der Waals surface area (Å²) >= 11 is 0. The second-order valence-corrected chi connectivity index (χ2v) is 8.82. The van der Waals surface area contributed by atoms with E-state index >= 15 is 0 Å². The molecular weight excluding hydrogens is 454 g/mol. The molecule has 0 fully saturated rings. The van der Waals surface area contributed by atoms with E-state index in [1.165, 1.54) is 13.3 Å². The summed E-state index contributed by atoms with van der Waals surface area (Å²) in [5.74, 6) is -0.707. The van der Waals surface area contributed by atoms with E-state index in [1.807, 2.05) is 6.07 Å². The quantitative estimate of drug-likeness (QED) is 0.292. The zero-order valence-electron chi connectivity index (χ0n) is 20.7. The van der Waals surface area contributed by atoms with Gasteiger partial charge in [0.25, 0.3) is 5.91 Å². The lowest BCUT2D eigenvalue weighted by Gasteiger charge is -2.21. The number of hydrogen-bond acceptors (Lipinski definition) is 9. The van der Waals surface area contributed by atoms with Crippen LogP contribution in [0.15, 0.2) is 30.5 Å². The number of phenols is 1. The molecule has 1 unspecified atom stereocenters. The average Bonchev–Trinajstić information content (AvgIpc) is 2.77. The number of carbonyl (C=O) groups is 3. The van der Waals surface area contributed by atoms with E-state index in [1.54, 1.807) is 45.9 Å². The summed E-state index contributed by atoms with van der Waals surface area (Å²) in [5, 5.41) is 17.6. The largest absolute Gasteiger partial charge is 0.508 e. The highest BCUT2D eigenvalue weighted by Crippen LogP contribution is 2.13. The summed E-state index contributed by atoms with van der Waals surface area (Å²) in [7, 11) is 1.18. The van der Waals surface area contributed by atoms with Gasteiger partial charge in [0.05, 0.1) is 24.9 Å². The smallest absolute Gasteiger partial charge is 0.407 e. The number of ether oxygens (including phenoxy) is 2. The van der Waals surface area contributed by atoms with Gasteiger partial charge in [-0.1, -0.05) is 12.1 Å². The van der Waals surface area contributed by atoms with Gasteiger partial charge >= 0.3 is 12.1 Å². The predicted molar refractivity (Wildman–Crippen MR) is 129 cm³/mol. The predicted octanol–water partition coefficient (Wildman–Crippen LogP) is 2.33. The van der Waals surface area contributed by atoms with Crippen LogP contribution < -0.4 is 16.0 Å². The molecule has 0 saturated carbocycles. The van der Waals surface area contributed by atoms with E-state index in [-0.39, 0.29) is 17.9 Å². The summed E-state index contributed by atoms with van der Waals surface area (Å²) in [6, 6.07) is 5.96. The normalized spacial score (nSPS) is 11.8. The lowest BCUT2D eigenvalue weighted by molar-refractivity contribution is -0.142. The molecule has 0 aliphatic carbocycles. The van der Waals surface area contributed by atoms with Gasteiger partial charge in [-0.3, -0.25) is 4.79 Å². The van der Waals surface area contributed by atoms with Gasteiger partial charge in [0.15, 0.2) is 0 Å². The number of hydrogen-bond donors (Lipinski definition) is 4. The van der Waals surface area contributed by atoms with E-state index in [0.29, 0.717) is 18.2 Å². The minimum absolute atomic E-state index is 0.182. The maximum atomic E-state index is 12.7. The number of nitrogens with one attached hydrogen (secondary N) is 3. The van der Waals surface area contributed by atoms with Gasteiger partial charge in [0, 0.05) is 12.7 Å². The third-order valence-corrected chi connectivity index (χ3v) is 4.70. The van der Waals surface area contributed by atoms with Gasteiger partial charge in [-0.25, -0.2) is 19.6 Å². The maximum absolute atomic E-state index is 12.7. The van der Waals surface area contributed by atoms with Crippen LogP contribution in [0.2, 0.25) is 0 Å². The fourth-order valence-electron chi connectivity index (χ4n) is 3.05. The Morgan fingerprint density at radius 1 is 1.20 bits per heavy atom. The standard InChI is InChI=1S/C24H33N5O6/c1-15-18(13-26-22(28-15)25-11-7-9-16-8-6-10-17(30)12-16)20(31)29-19(21(32)34-5)14-27-23(33)35-24(2,3)4/h6,8,10,12-13,19,30H,7,9,11,14H2,1-5H3,(H,27,33)(H,29,31)(H,25,26,28). The van der Waals surface area contributed by atoms with Crippen molar-refractivity contribution in [1.29, 1.82) is 0 Å². The van der Waals surface area contributed by atoms with Crippen LogP contribution in [0.5, 0.6) is 5.75 Å². The number of aromatic nitrogens is 2. The second-order valence-electron chi connectivity index (χ2n) is 8.82. The highest BCUT2D eigenvalue weighted by atomic mass is 16.6. The van der Waals surface area contributed by atoms with Crippen molar-refractivity contribution in [3.63, 3.8) is 0 Å². The van der Waals surface area contributed by atoms with Crippen LogP contribution in [-0.4, -0.2) is 64.9 Å². The van der Waals surface area contributed by atoms with E-state index < -0.39 is 29.6 Å². The van der Waals surface area contributed by atoms with Gasteiger partial charge in [-0.2, -0.15) is 0 Å². The summed E-state index contributed by atoms with van der Waals surface area (Å²) < 4.78 is 9.87. The molecule has 1 aromatic carbocycles. The topological polar surface area (TPSA) is 152 Å². The van der Waals surface area contributed by atoms with Crippen LogP contribution in [-0.2, 0) is 20.7 Å². The summed E-state index contributed by atoms with van der Waals surface area (Å²) in [6.07, 6.45) is 2.21. The van der Waals surface area contributed by atoms with Crippen molar-refractivity contribution in [2.45, 2.75) is 52.2 Å². The van der Waals surface area contributed by atoms with Crippen LogP contribution in [0, 0.1) is 6.92 Å². The molecule has 2 rings (SSSR count). The fourth-order valence-corrected chi connectivity index (χ4v) is 3.05. The first-order valence-electron chi connectivity index (χ1n) is 11.2. The molecule has 11 nitrogen and oxygen atoms in total.